The smallest absolute Gasteiger partial charge is 0.0676 e. The van der Waals surface area contributed by atoms with Gasteiger partial charge in [0.15, 0.2) is 0 Å². The van der Waals surface area contributed by atoms with Crippen molar-refractivity contribution in [2.24, 2.45) is 11.3 Å². The van der Waals surface area contributed by atoms with E-state index in [2.05, 4.69) is 0 Å². The van der Waals surface area contributed by atoms with E-state index >= 15 is 0 Å². The van der Waals surface area contributed by atoms with Crippen LogP contribution in [0, 0.1) is 11.3 Å². The average Bonchev–Trinajstić information content (AvgIpc) is 2.30. The van der Waals surface area contributed by atoms with Crippen molar-refractivity contribution in [3.8, 4) is 0 Å². The van der Waals surface area contributed by atoms with E-state index in [0.717, 1.165) is 19.3 Å². The Hall–Kier alpha value is -0.0800. The quantitative estimate of drug-likeness (QED) is 0.663. The van der Waals surface area contributed by atoms with E-state index in [4.69, 9.17) is 5.11 Å². The molecular formula is C10H20O2. The Morgan fingerprint density at radius 2 is 1.92 bits per heavy atom. The van der Waals surface area contributed by atoms with Gasteiger partial charge in [0.2, 0.25) is 0 Å². The lowest BCUT2D eigenvalue weighted by Crippen LogP contribution is -2.33. The molecule has 2 nitrogen and oxygen atoms in total. The molecule has 0 aromatic heterocycles. The standard InChI is InChI=1S/C10H20O2/c1-8(2)10(12)5-4-9(3,6-10)7-11/h8,11-12H,4-7H2,1-3H3/t9-,10+/m0/s1. The minimum absolute atomic E-state index is 0.0426. The third-order valence-electron chi connectivity index (χ3n) is 3.35. The topological polar surface area (TPSA) is 40.5 Å². The second kappa shape index (κ2) is 3.00. The van der Waals surface area contributed by atoms with Gasteiger partial charge in [-0.25, -0.2) is 0 Å². The van der Waals surface area contributed by atoms with Crippen molar-refractivity contribution in [2.45, 2.75) is 45.6 Å². The molecule has 0 heterocycles. The molecule has 0 saturated heterocycles. The zero-order chi connectivity index (χ0) is 9.41. The van der Waals surface area contributed by atoms with Gasteiger partial charge in [-0.2, -0.15) is 0 Å². The van der Waals surface area contributed by atoms with E-state index < -0.39 is 5.60 Å². The molecule has 0 aromatic carbocycles. The van der Waals surface area contributed by atoms with Crippen LogP contribution in [0.25, 0.3) is 0 Å². The summed E-state index contributed by atoms with van der Waals surface area (Å²) in [5.74, 6) is 0.297. The molecular weight excluding hydrogens is 152 g/mol. The third kappa shape index (κ3) is 1.64. The Morgan fingerprint density at radius 1 is 1.33 bits per heavy atom. The highest BCUT2D eigenvalue weighted by molar-refractivity contribution is 4.97. The van der Waals surface area contributed by atoms with Crippen molar-refractivity contribution < 1.29 is 10.2 Å². The summed E-state index contributed by atoms with van der Waals surface area (Å²) >= 11 is 0. The fraction of sp³-hybridized carbons (Fsp3) is 1.00. The van der Waals surface area contributed by atoms with Gasteiger partial charge in [-0.3, -0.25) is 0 Å². The maximum absolute atomic E-state index is 10.1. The Bertz CT molecular complexity index is 167. The van der Waals surface area contributed by atoms with E-state index in [1.54, 1.807) is 0 Å². The highest BCUT2D eigenvalue weighted by Crippen LogP contribution is 2.46. The summed E-state index contributed by atoms with van der Waals surface area (Å²) in [6.45, 7) is 6.33. The normalized spacial score (nSPS) is 42.5. The summed E-state index contributed by atoms with van der Waals surface area (Å²) in [7, 11) is 0. The largest absolute Gasteiger partial charge is 0.396 e. The maximum atomic E-state index is 10.1. The van der Waals surface area contributed by atoms with E-state index in [1.165, 1.54) is 0 Å². The average molecular weight is 172 g/mol. The lowest BCUT2D eigenvalue weighted by molar-refractivity contribution is -0.0138. The molecule has 0 amide bonds. The minimum atomic E-state index is -0.530. The number of aliphatic hydroxyl groups is 2. The van der Waals surface area contributed by atoms with E-state index in [9.17, 15) is 5.11 Å². The van der Waals surface area contributed by atoms with Gasteiger partial charge in [0.25, 0.3) is 0 Å². The number of rotatable bonds is 2. The Kier molecular flexibility index (Phi) is 2.50. The fourth-order valence-electron chi connectivity index (χ4n) is 2.06. The summed E-state index contributed by atoms with van der Waals surface area (Å²) in [6.07, 6.45) is 2.52. The molecule has 1 fully saturated rings. The minimum Gasteiger partial charge on any atom is -0.396 e. The molecule has 0 bridgehead atoms. The predicted octanol–water partition coefficient (Wildman–Crippen LogP) is 1.56. The van der Waals surface area contributed by atoms with Crippen LogP contribution in [0.3, 0.4) is 0 Å². The Morgan fingerprint density at radius 3 is 2.17 bits per heavy atom. The first-order chi connectivity index (χ1) is 5.42. The fourth-order valence-corrected chi connectivity index (χ4v) is 2.06. The van der Waals surface area contributed by atoms with Crippen molar-refractivity contribution in [1.29, 1.82) is 0 Å². The lowest BCUT2D eigenvalue weighted by atomic mass is 9.83. The molecule has 0 unspecified atom stereocenters. The SMILES string of the molecule is CC(C)[C@@]1(O)CC[C@](C)(CO)C1. The van der Waals surface area contributed by atoms with Crippen molar-refractivity contribution in [1.82, 2.24) is 0 Å². The van der Waals surface area contributed by atoms with Crippen LogP contribution in [0.15, 0.2) is 0 Å². The molecule has 1 aliphatic rings. The van der Waals surface area contributed by atoms with Crippen LogP contribution in [-0.4, -0.2) is 22.4 Å². The molecule has 1 aliphatic carbocycles. The highest BCUT2D eigenvalue weighted by atomic mass is 16.3. The van der Waals surface area contributed by atoms with Gasteiger partial charge in [0, 0.05) is 6.61 Å². The van der Waals surface area contributed by atoms with Gasteiger partial charge in [0.1, 0.15) is 0 Å². The monoisotopic (exact) mass is 172 g/mol. The molecule has 0 aromatic rings. The van der Waals surface area contributed by atoms with Crippen molar-refractivity contribution in [3.63, 3.8) is 0 Å². The molecule has 12 heavy (non-hydrogen) atoms. The third-order valence-corrected chi connectivity index (χ3v) is 3.35. The van der Waals surface area contributed by atoms with Gasteiger partial charge >= 0.3 is 0 Å². The second-order valence-electron chi connectivity index (χ2n) is 4.90. The van der Waals surface area contributed by atoms with Crippen LogP contribution >= 0.6 is 0 Å². The summed E-state index contributed by atoms with van der Waals surface area (Å²) in [6, 6.07) is 0. The molecule has 0 aliphatic heterocycles. The van der Waals surface area contributed by atoms with Crippen molar-refractivity contribution in [3.05, 3.63) is 0 Å². The van der Waals surface area contributed by atoms with Gasteiger partial charge in [-0.05, 0) is 30.6 Å². The molecule has 2 N–H and O–H groups in total. The first kappa shape index (κ1) is 10.0. The van der Waals surface area contributed by atoms with E-state index in [-0.39, 0.29) is 12.0 Å². The van der Waals surface area contributed by atoms with E-state index in [0.29, 0.717) is 5.92 Å². The van der Waals surface area contributed by atoms with Gasteiger partial charge in [0.05, 0.1) is 5.60 Å². The van der Waals surface area contributed by atoms with Gasteiger partial charge < -0.3 is 10.2 Å². The molecule has 72 valence electrons. The van der Waals surface area contributed by atoms with Crippen molar-refractivity contribution >= 4 is 0 Å². The number of hydrogen-bond acceptors (Lipinski definition) is 2. The van der Waals surface area contributed by atoms with Gasteiger partial charge in [-0.1, -0.05) is 20.8 Å². The molecule has 1 rings (SSSR count). The van der Waals surface area contributed by atoms with Crippen LogP contribution < -0.4 is 0 Å². The predicted molar refractivity (Wildman–Crippen MR) is 48.8 cm³/mol. The van der Waals surface area contributed by atoms with Gasteiger partial charge in [-0.15, -0.1) is 0 Å². The molecule has 1 saturated carbocycles. The molecule has 0 spiro atoms. The first-order valence-electron chi connectivity index (χ1n) is 4.75. The molecule has 2 heteroatoms. The number of aliphatic hydroxyl groups excluding tert-OH is 1. The molecule has 2 atom stereocenters. The van der Waals surface area contributed by atoms with E-state index in [1.807, 2.05) is 20.8 Å². The molecule has 0 radical (unpaired) electrons. The maximum Gasteiger partial charge on any atom is 0.0676 e. The van der Waals surface area contributed by atoms with Crippen LogP contribution in [0.1, 0.15) is 40.0 Å². The van der Waals surface area contributed by atoms with Crippen LogP contribution in [0.2, 0.25) is 0 Å². The summed E-state index contributed by atoms with van der Waals surface area (Å²) < 4.78 is 0. The summed E-state index contributed by atoms with van der Waals surface area (Å²) in [5.41, 5.74) is -0.573. The zero-order valence-electron chi connectivity index (χ0n) is 8.30. The Labute approximate surface area is 74.6 Å². The van der Waals surface area contributed by atoms with Crippen LogP contribution in [0.5, 0.6) is 0 Å². The Balaban J connectivity index is 2.66. The number of hydrogen-bond donors (Lipinski definition) is 2. The second-order valence-corrected chi connectivity index (χ2v) is 4.90. The highest BCUT2D eigenvalue weighted by Gasteiger charge is 2.45. The summed E-state index contributed by atoms with van der Waals surface area (Å²) in [5, 5.41) is 19.3. The summed E-state index contributed by atoms with van der Waals surface area (Å²) in [4.78, 5) is 0. The zero-order valence-corrected chi connectivity index (χ0v) is 8.30. The van der Waals surface area contributed by atoms with Crippen LogP contribution in [0.4, 0.5) is 0 Å². The lowest BCUT2D eigenvalue weighted by Gasteiger charge is -2.29. The van der Waals surface area contributed by atoms with Crippen LogP contribution in [-0.2, 0) is 0 Å². The first-order valence-corrected chi connectivity index (χ1v) is 4.75. The van der Waals surface area contributed by atoms with Crippen molar-refractivity contribution in [2.75, 3.05) is 6.61 Å².